The van der Waals surface area contributed by atoms with Gasteiger partial charge in [-0.1, -0.05) is 18.2 Å². The molecule has 3 aromatic carbocycles. The molecule has 0 aliphatic heterocycles. The zero-order valence-electron chi connectivity index (χ0n) is 16.1. The van der Waals surface area contributed by atoms with Gasteiger partial charge in [0.1, 0.15) is 5.58 Å². The molecule has 0 amide bonds. The lowest BCUT2D eigenvalue weighted by Crippen LogP contribution is -2.09. The minimum absolute atomic E-state index is 0.323. The van der Waals surface area contributed by atoms with Crippen LogP contribution < -0.4 is 15.1 Å². The summed E-state index contributed by atoms with van der Waals surface area (Å²) in [5.41, 5.74) is 2.05. The van der Waals surface area contributed by atoms with E-state index >= 15 is 0 Å². The van der Waals surface area contributed by atoms with E-state index in [-0.39, 0.29) is 5.63 Å². The number of benzene rings is 3. The average molecular weight is 399 g/mol. The van der Waals surface area contributed by atoms with Gasteiger partial charge in [0.15, 0.2) is 11.5 Å². The maximum absolute atomic E-state index is 12.3. The third-order valence-corrected chi connectivity index (χ3v) is 4.37. The predicted octanol–water partition coefficient (Wildman–Crippen LogP) is 4.77. The zero-order chi connectivity index (χ0) is 20.9. The molecular formula is C24H17NO5. The Labute approximate surface area is 172 Å². The van der Waals surface area contributed by atoms with E-state index in [0.717, 1.165) is 10.9 Å². The highest BCUT2D eigenvalue weighted by Crippen LogP contribution is 2.29. The van der Waals surface area contributed by atoms with Crippen LogP contribution in [0.15, 0.2) is 93.1 Å². The van der Waals surface area contributed by atoms with Crippen molar-refractivity contribution < 1.29 is 18.7 Å². The van der Waals surface area contributed by atoms with Gasteiger partial charge in [0.25, 0.3) is 0 Å². The Balaban J connectivity index is 1.54. The standard InChI is InChI=1S/C24H17NO5/c1-28-22-13-16(7-10-21(22)30-24(27)17-5-3-2-4-6-17)15-25-19-9-11-20-18(14-19)8-12-23(26)29-20/h2-15H,1H3. The molecule has 0 aliphatic carbocycles. The van der Waals surface area contributed by atoms with Gasteiger partial charge < -0.3 is 13.9 Å². The number of ether oxygens (including phenoxy) is 2. The first-order valence-electron chi connectivity index (χ1n) is 9.16. The summed E-state index contributed by atoms with van der Waals surface area (Å²) in [7, 11) is 1.51. The van der Waals surface area contributed by atoms with Crippen LogP contribution in [-0.4, -0.2) is 19.3 Å². The second-order valence-corrected chi connectivity index (χ2v) is 6.40. The molecule has 0 bridgehead atoms. The topological polar surface area (TPSA) is 78.1 Å². The van der Waals surface area contributed by atoms with Crippen LogP contribution in [0.5, 0.6) is 11.5 Å². The van der Waals surface area contributed by atoms with Gasteiger partial charge >= 0.3 is 11.6 Å². The highest BCUT2D eigenvalue weighted by Gasteiger charge is 2.12. The number of rotatable bonds is 5. The maximum atomic E-state index is 12.3. The van der Waals surface area contributed by atoms with Crippen LogP contribution in [0.1, 0.15) is 15.9 Å². The first kappa shape index (κ1) is 19.1. The van der Waals surface area contributed by atoms with Gasteiger partial charge in [0.2, 0.25) is 0 Å². The maximum Gasteiger partial charge on any atom is 0.343 e. The predicted molar refractivity (Wildman–Crippen MR) is 114 cm³/mol. The smallest absolute Gasteiger partial charge is 0.343 e. The van der Waals surface area contributed by atoms with Crippen molar-refractivity contribution in [2.75, 3.05) is 7.11 Å². The molecule has 4 aromatic rings. The molecule has 6 heteroatoms. The summed E-state index contributed by atoms with van der Waals surface area (Å²) in [6.45, 7) is 0. The normalized spacial score (nSPS) is 11.0. The summed E-state index contributed by atoms with van der Waals surface area (Å²) < 4.78 is 15.9. The second kappa shape index (κ2) is 8.45. The molecule has 0 spiro atoms. The molecule has 0 aliphatic rings. The van der Waals surface area contributed by atoms with Crippen molar-refractivity contribution >= 4 is 28.8 Å². The SMILES string of the molecule is COc1cc(C=Nc2ccc3oc(=O)ccc3c2)ccc1OC(=O)c1ccccc1. The van der Waals surface area contributed by atoms with E-state index in [9.17, 15) is 9.59 Å². The summed E-state index contributed by atoms with van der Waals surface area (Å²) in [6.07, 6.45) is 1.67. The van der Waals surface area contributed by atoms with E-state index in [4.69, 9.17) is 13.9 Å². The minimum atomic E-state index is -0.460. The summed E-state index contributed by atoms with van der Waals surface area (Å²) in [4.78, 5) is 28.0. The molecule has 0 saturated heterocycles. The van der Waals surface area contributed by atoms with Gasteiger partial charge in [-0.3, -0.25) is 4.99 Å². The Kier molecular flexibility index (Phi) is 5.39. The first-order chi connectivity index (χ1) is 14.6. The molecule has 0 N–H and O–H groups in total. The fourth-order valence-electron chi connectivity index (χ4n) is 2.87. The third-order valence-electron chi connectivity index (χ3n) is 4.37. The van der Waals surface area contributed by atoms with Gasteiger partial charge in [0, 0.05) is 17.7 Å². The lowest BCUT2D eigenvalue weighted by atomic mass is 10.2. The van der Waals surface area contributed by atoms with Gasteiger partial charge in [-0.2, -0.15) is 0 Å². The van der Waals surface area contributed by atoms with Crippen molar-refractivity contribution in [1.82, 2.24) is 0 Å². The van der Waals surface area contributed by atoms with Crippen molar-refractivity contribution in [3.63, 3.8) is 0 Å². The summed E-state index contributed by atoms with van der Waals surface area (Å²) >= 11 is 0. The molecule has 148 valence electrons. The average Bonchev–Trinajstić information content (AvgIpc) is 2.78. The van der Waals surface area contributed by atoms with Crippen LogP contribution in [0.4, 0.5) is 5.69 Å². The fourth-order valence-corrected chi connectivity index (χ4v) is 2.87. The number of hydrogen-bond donors (Lipinski definition) is 0. The molecule has 6 nitrogen and oxygen atoms in total. The number of aliphatic imine (C=N–C) groups is 1. The second-order valence-electron chi connectivity index (χ2n) is 6.40. The quantitative estimate of drug-likeness (QED) is 0.209. The monoisotopic (exact) mass is 399 g/mol. The summed E-state index contributed by atoms with van der Waals surface area (Å²) in [5.74, 6) is 0.283. The van der Waals surface area contributed by atoms with E-state index in [1.165, 1.54) is 13.2 Å². The largest absolute Gasteiger partial charge is 0.493 e. The molecule has 0 fully saturated rings. The Morgan fingerprint density at radius 2 is 1.77 bits per heavy atom. The van der Waals surface area contributed by atoms with Crippen LogP contribution in [0, 0.1) is 0 Å². The van der Waals surface area contributed by atoms with Crippen molar-refractivity contribution in [3.05, 3.63) is 100 Å². The van der Waals surface area contributed by atoms with E-state index in [1.54, 1.807) is 66.9 Å². The highest BCUT2D eigenvalue weighted by molar-refractivity contribution is 5.91. The number of methoxy groups -OCH3 is 1. The molecule has 0 atom stereocenters. The van der Waals surface area contributed by atoms with E-state index in [2.05, 4.69) is 4.99 Å². The molecule has 30 heavy (non-hydrogen) atoms. The molecule has 0 saturated carbocycles. The third kappa shape index (κ3) is 4.28. The first-order valence-corrected chi connectivity index (χ1v) is 9.16. The molecule has 1 aromatic heterocycles. The number of nitrogens with zero attached hydrogens (tertiary/aromatic N) is 1. The summed E-state index contributed by atoms with van der Waals surface area (Å²) in [6, 6.07) is 22.3. The van der Waals surface area contributed by atoms with Crippen LogP contribution >= 0.6 is 0 Å². The van der Waals surface area contributed by atoms with E-state index in [0.29, 0.717) is 28.3 Å². The molecular weight excluding hydrogens is 382 g/mol. The van der Waals surface area contributed by atoms with E-state index < -0.39 is 5.97 Å². The minimum Gasteiger partial charge on any atom is -0.493 e. The molecule has 0 radical (unpaired) electrons. The Morgan fingerprint density at radius 3 is 2.57 bits per heavy atom. The number of carbonyl (C=O) groups excluding carboxylic acids is 1. The zero-order valence-corrected chi connectivity index (χ0v) is 16.1. The number of esters is 1. The van der Waals surface area contributed by atoms with Crippen LogP contribution in [0.2, 0.25) is 0 Å². The van der Waals surface area contributed by atoms with Crippen molar-refractivity contribution in [1.29, 1.82) is 0 Å². The van der Waals surface area contributed by atoms with Gasteiger partial charge in [-0.05, 0) is 60.2 Å². The summed E-state index contributed by atoms with van der Waals surface area (Å²) in [5, 5.41) is 0.782. The van der Waals surface area contributed by atoms with E-state index in [1.807, 2.05) is 12.1 Å². The van der Waals surface area contributed by atoms with Gasteiger partial charge in [-0.15, -0.1) is 0 Å². The van der Waals surface area contributed by atoms with Gasteiger partial charge in [0.05, 0.1) is 18.4 Å². The Bertz CT molecular complexity index is 1290. The Hall–Kier alpha value is -4.19. The lowest BCUT2D eigenvalue weighted by Gasteiger charge is -2.10. The van der Waals surface area contributed by atoms with Crippen molar-refractivity contribution in [2.24, 2.45) is 4.99 Å². The molecule has 0 unspecified atom stereocenters. The van der Waals surface area contributed by atoms with Crippen molar-refractivity contribution in [3.8, 4) is 11.5 Å². The van der Waals surface area contributed by atoms with Gasteiger partial charge in [-0.25, -0.2) is 9.59 Å². The van der Waals surface area contributed by atoms with Crippen molar-refractivity contribution in [2.45, 2.75) is 0 Å². The molecule has 1 heterocycles. The fraction of sp³-hybridized carbons (Fsp3) is 0.0417. The number of fused-ring (bicyclic) bond motifs is 1. The molecule has 4 rings (SSSR count). The van der Waals surface area contributed by atoms with Crippen LogP contribution in [0.3, 0.4) is 0 Å². The number of carbonyl (C=O) groups is 1. The lowest BCUT2D eigenvalue weighted by molar-refractivity contribution is 0.0729. The number of hydrogen-bond acceptors (Lipinski definition) is 6. The van der Waals surface area contributed by atoms with Crippen LogP contribution in [0.25, 0.3) is 11.0 Å². The Morgan fingerprint density at radius 1 is 0.933 bits per heavy atom. The van der Waals surface area contributed by atoms with Crippen LogP contribution in [-0.2, 0) is 0 Å². The highest BCUT2D eigenvalue weighted by atomic mass is 16.6.